The van der Waals surface area contributed by atoms with Crippen molar-refractivity contribution in [2.45, 2.75) is 32.1 Å². The molecule has 2 rings (SSSR count). The Morgan fingerprint density at radius 2 is 2.31 bits per heavy atom. The number of aryl methyl sites for hydroxylation is 1. The standard InChI is InChI=1S/C11H13ClN2OS/c1-3-4-8(12)10-13-11(15-14-10)9-6-5-7(2)16-9/h5-6,8H,3-4H2,1-2H3. The Bertz CT molecular complexity index is 466. The van der Waals surface area contributed by atoms with Crippen molar-refractivity contribution in [3.63, 3.8) is 0 Å². The molecule has 1 atom stereocenters. The third-order valence-electron chi connectivity index (χ3n) is 2.22. The van der Waals surface area contributed by atoms with Crippen LogP contribution in [-0.2, 0) is 0 Å². The molecule has 2 aromatic heterocycles. The van der Waals surface area contributed by atoms with Crippen LogP contribution in [0.25, 0.3) is 10.8 Å². The van der Waals surface area contributed by atoms with Gasteiger partial charge in [-0.15, -0.1) is 22.9 Å². The van der Waals surface area contributed by atoms with Gasteiger partial charge in [-0.3, -0.25) is 0 Å². The number of thiophene rings is 1. The molecule has 1 unspecified atom stereocenters. The van der Waals surface area contributed by atoms with Crippen LogP contribution < -0.4 is 0 Å². The summed E-state index contributed by atoms with van der Waals surface area (Å²) in [5.74, 6) is 1.15. The molecular formula is C11H13ClN2OS. The number of hydrogen-bond donors (Lipinski definition) is 0. The van der Waals surface area contributed by atoms with Gasteiger partial charge in [0.1, 0.15) is 0 Å². The van der Waals surface area contributed by atoms with E-state index >= 15 is 0 Å². The van der Waals surface area contributed by atoms with Crippen molar-refractivity contribution >= 4 is 22.9 Å². The van der Waals surface area contributed by atoms with Gasteiger partial charge >= 0.3 is 0 Å². The van der Waals surface area contributed by atoms with Crippen LogP contribution in [0.15, 0.2) is 16.7 Å². The summed E-state index contributed by atoms with van der Waals surface area (Å²) < 4.78 is 5.20. The molecule has 16 heavy (non-hydrogen) atoms. The lowest BCUT2D eigenvalue weighted by Crippen LogP contribution is -1.92. The molecule has 5 heteroatoms. The average molecular weight is 257 g/mol. The maximum Gasteiger partial charge on any atom is 0.268 e. The lowest BCUT2D eigenvalue weighted by Gasteiger charge is -1.99. The van der Waals surface area contributed by atoms with Gasteiger partial charge in [0.05, 0.1) is 10.3 Å². The maximum absolute atomic E-state index is 6.13. The largest absolute Gasteiger partial charge is 0.333 e. The number of alkyl halides is 1. The lowest BCUT2D eigenvalue weighted by molar-refractivity contribution is 0.421. The number of nitrogens with zero attached hydrogens (tertiary/aromatic N) is 2. The fourth-order valence-corrected chi connectivity index (χ4v) is 2.49. The molecule has 0 aromatic carbocycles. The van der Waals surface area contributed by atoms with Crippen LogP contribution in [0.2, 0.25) is 0 Å². The SMILES string of the molecule is CCCC(Cl)c1noc(-c2ccc(C)s2)n1. The van der Waals surface area contributed by atoms with Gasteiger partial charge in [-0.25, -0.2) is 0 Å². The van der Waals surface area contributed by atoms with Crippen LogP contribution in [0.5, 0.6) is 0 Å². The second kappa shape index (κ2) is 4.97. The van der Waals surface area contributed by atoms with Gasteiger partial charge in [0.25, 0.3) is 5.89 Å². The molecule has 0 aliphatic carbocycles. The van der Waals surface area contributed by atoms with E-state index in [2.05, 4.69) is 17.1 Å². The van der Waals surface area contributed by atoms with E-state index in [1.54, 1.807) is 11.3 Å². The first-order valence-electron chi connectivity index (χ1n) is 5.25. The summed E-state index contributed by atoms with van der Waals surface area (Å²) in [4.78, 5) is 6.54. The number of halogens is 1. The summed E-state index contributed by atoms with van der Waals surface area (Å²) in [6.45, 7) is 4.13. The van der Waals surface area contributed by atoms with Crippen LogP contribution in [0, 0.1) is 6.92 Å². The molecule has 0 bridgehead atoms. The minimum atomic E-state index is -0.149. The van der Waals surface area contributed by atoms with Gasteiger partial charge in [0.2, 0.25) is 0 Å². The highest BCUT2D eigenvalue weighted by atomic mass is 35.5. The zero-order valence-corrected chi connectivity index (χ0v) is 10.8. The molecule has 3 nitrogen and oxygen atoms in total. The third kappa shape index (κ3) is 2.44. The van der Waals surface area contributed by atoms with Gasteiger partial charge in [0.15, 0.2) is 5.82 Å². The van der Waals surface area contributed by atoms with Gasteiger partial charge in [0, 0.05) is 4.88 Å². The van der Waals surface area contributed by atoms with Crippen molar-refractivity contribution in [3.05, 3.63) is 22.8 Å². The number of hydrogen-bond acceptors (Lipinski definition) is 4. The summed E-state index contributed by atoms with van der Waals surface area (Å²) >= 11 is 7.77. The smallest absolute Gasteiger partial charge is 0.268 e. The predicted molar refractivity (Wildman–Crippen MR) is 65.9 cm³/mol. The Kier molecular flexibility index (Phi) is 3.61. The van der Waals surface area contributed by atoms with Crippen molar-refractivity contribution < 1.29 is 4.52 Å². The minimum absolute atomic E-state index is 0.149. The molecule has 0 radical (unpaired) electrons. The molecule has 0 saturated heterocycles. The molecule has 86 valence electrons. The van der Waals surface area contributed by atoms with Gasteiger partial charge in [-0.05, 0) is 25.5 Å². The van der Waals surface area contributed by atoms with Crippen molar-refractivity contribution in [1.29, 1.82) is 0 Å². The number of aromatic nitrogens is 2. The lowest BCUT2D eigenvalue weighted by atomic mass is 10.2. The van der Waals surface area contributed by atoms with E-state index in [0.717, 1.165) is 17.7 Å². The van der Waals surface area contributed by atoms with E-state index in [0.29, 0.717) is 11.7 Å². The average Bonchev–Trinajstić information content (AvgIpc) is 2.85. The first-order chi connectivity index (χ1) is 7.70. The van der Waals surface area contributed by atoms with Crippen molar-refractivity contribution in [3.8, 4) is 10.8 Å². The Morgan fingerprint density at radius 3 is 2.94 bits per heavy atom. The molecule has 0 fully saturated rings. The fourth-order valence-electron chi connectivity index (χ4n) is 1.39. The molecule has 0 spiro atoms. The van der Waals surface area contributed by atoms with Crippen molar-refractivity contribution in [2.75, 3.05) is 0 Å². The summed E-state index contributed by atoms with van der Waals surface area (Å²) in [7, 11) is 0. The van der Waals surface area contributed by atoms with Crippen LogP contribution in [-0.4, -0.2) is 10.1 Å². The van der Waals surface area contributed by atoms with E-state index in [9.17, 15) is 0 Å². The summed E-state index contributed by atoms with van der Waals surface area (Å²) in [6.07, 6.45) is 1.88. The second-order valence-electron chi connectivity index (χ2n) is 3.62. The monoisotopic (exact) mass is 256 g/mol. The minimum Gasteiger partial charge on any atom is -0.333 e. The molecule has 0 saturated carbocycles. The molecular weight excluding hydrogens is 244 g/mol. The first-order valence-corrected chi connectivity index (χ1v) is 6.50. The molecule has 0 N–H and O–H groups in total. The molecule has 0 amide bonds. The predicted octanol–water partition coefficient (Wildman–Crippen LogP) is 4.19. The Morgan fingerprint density at radius 1 is 1.50 bits per heavy atom. The molecule has 2 aromatic rings. The summed E-state index contributed by atoms with van der Waals surface area (Å²) in [5, 5.41) is 3.76. The van der Waals surface area contributed by atoms with Gasteiger partial charge in [-0.2, -0.15) is 4.98 Å². The van der Waals surface area contributed by atoms with E-state index in [-0.39, 0.29) is 5.38 Å². The van der Waals surface area contributed by atoms with E-state index in [1.807, 2.05) is 19.1 Å². The Labute approximate surface area is 103 Å². The van der Waals surface area contributed by atoms with Gasteiger partial charge < -0.3 is 4.52 Å². The van der Waals surface area contributed by atoms with Crippen molar-refractivity contribution in [1.82, 2.24) is 10.1 Å². The van der Waals surface area contributed by atoms with Crippen LogP contribution in [0.4, 0.5) is 0 Å². The highest BCUT2D eigenvalue weighted by Crippen LogP contribution is 2.29. The number of rotatable bonds is 4. The maximum atomic E-state index is 6.13. The van der Waals surface area contributed by atoms with Crippen LogP contribution in [0.1, 0.15) is 35.8 Å². The quantitative estimate of drug-likeness (QED) is 0.770. The van der Waals surface area contributed by atoms with Crippen LogP contribution >= 0.6 is 22.9 Å². The molecule has 0 aliphatic rings. The summed E-state index contributed by atoms with van der Waals surface area (Å²) in [6, 6.07) is 4.02. The van der Waals surface area contributed by atoms with Crippen molar-refractivity contribution in [2.24, 2.45) is 0 Å². The Balaban J connectivity index is 2.19. The van der Waals surface area contributed by atoms with Crippen LogP contribution in [0.3, 0.4) is 0 Å². The van der Waals surface area contributed by atoms with E-state index in [1.165, 1.54) is 4.88 Å². The molecule has 0 aliphatic heterocycles. The van der Waals surface area contributed by atoms with E-state index < -0.39 is 0 Å². The zero-order chi connectivity index (χ0) is 11.5. The zero-order valence-electron chi connectivity index (χ0n) is 9.24. The van der Waals surface area contributed by atoms with Gasteiger partial charge in [-0.1, -0.05) is 18.5 Å². The second-order valence-corrected chi connectivity index (χ2v) is 5.44. The first kappa shape index (κ1) is 11.6. The Hall–Kier alpha value is -0.870. The highest BCUT2D eigenvalue weighted by molar-refractivity contribution is 7.15. The topological polar surface area (TPSA) is 38.9 Å². The third-order valence-corrected chi connectivity index (χ3v) is 3.62. The van der Waals surface area contributed by atoms with E-state index in [4.69, 9.17) is 16.1 Å². The molecule has 2 heterocycles. The highest BCUT2D eigenvalue weighted by Gasteiger charge is 2.16. The normalized spacial score (nSPS) is 12.9. The summed E-state index contributed by atoms with van der Waals surface area (Å²) in [5.41, 5.74) is 0. The fraction of sp³-hybridized carbons (Fsp3) is 0.455.